The summed E-state index contributed by atoms with van der Waals surface area (Å²) < 4.78 is 0. The molecule has 0 heterocycles. The van der Waals surface area contributed by atoms with Gasteiger partial charge in [-0.3, -0.25) is 0 Å². The van der Waals surface area contributed by atoms with E-state index >= 15 is 0 Å². The topological polar surface area (TPSA) is 80.3 Å². The fourth-order valence-corrected chi connectivity index (χ4v) is 1.13. The van der Waals surface area contributed by atoms with Crippen molar-refractivity contribution in [3.05, 3.63) is 35.4 Å². The molecular formula is C10H8KNaO4. The number of carboxylic acid groups (broad SMARTS) is 2. The van der Waals surface area contributed by atoms with Gasteiger partial charge >= 0.3 is 80.9 Å². The fraction of sp³-hybridized carbons (Fsp3) is 0.200. The van der Waals surface area contributed by atoms with Crippen LogP contribution in [0.15, 0.2) is 24.3 Å². The van der Waals surface area contributed by atoms with Crippen LogP contribution in [0.2, 0.25) is 0 Å². The van der Waals surface area contributed by atoms with E-state index in [1.165, 1.54) is 12.1 Å². The standard InChI is InChI=1S/C10H10O4.K.Na/c1-6-2-4-7(5-3-6)8(9(11)12)10(13)14;;/h2-5,8H,1H3,(H,11,12)(H,13,14);;/q;2*+1/p-2. The SMILES string of the molecule is Cc1ccc(C(C(=O)[O-])C(=O)[O-])cc1.[K+].[Na+]. The van der Waals surface area contributed by atoms with Crippen molar-refractivity contribution in [2.24, 2.45) is 0 Å². The Labute approximate surface area is 158 Å². The molecule has 0 aromatic heterocycles. The van der Waals surface area contributed by atoms with E-state index in [2.05, 4.69) is 0 Å². The minimum absolute atomic E-state index is 0. The summed E-state index contributed by atoms with van der Waals surface area (Å²) in [4.78, 5) is 21.0. The van der Waals surface area contributed by atoms with Gasteiger partial charge in [-0.25, -0.2) is 0 Å². The molecule has 0 saturated carbocycles. The van der Waals surface area contributed by atoms with Gasteiger partial charge in [-0.05, 0) is 12.5 Å². The average molecular weight is 254 g/mol. The van der Waals surface area contributed by atoms with Crippen LogP contribution in [-0.2, 0) is 9.59 Å². The van der Waals surface area contributed by atoms with Gasteiger partial charge in [-0.1, -0.05) is 29.8 Å². The molecule has 0 aliphatic rings. The molecule has 16 heavy (non-hydrogen) atoms. The minimum Gasteiger partial charge on any atom is -0.549 e. The van der Waals surface area contributed by atoms with Crippen molar-refractivity contribution in [2.45, 2.75) is 12.8 Å². The predicted molar refractivity (Wildman–Crippen MR) is 43.9 cm³/mol. The maximum absolute atomic E-state index is 10.5. The molecule has 0 N–H and O–H groups in total. The number of aryl methyl sites for hydroxylation is 1. The first-order valence-electron chi connectivity index (χ1n) is 4.00. The number of rotatable bonds is 3. The van der Waals surface area contributed by atoms with Crippen LogP contribution in [0, 0.1) is 6.92 Å². The van der Waals surface area contributed by atoms with E-state index in [1.807, 2.05) is 6.92 Å². The number of benzene rings is 1. The van der Waals surface area contributed by atoms with Gasteiger partial charge in [-0.15, -0.1) is 0 Å². The Hall–Kier alpha value is 0.796. The summed E-state index contributed by atoms with van der Waals surface area (Å²) >= 11 is 0. The maximum atomic E-state index is 10.5. The largest absolute Gasteiger partial charge is 1.00 e. The Balaban J connectivity index is 0. The monoisotopic (exact) mass is 254 g/mol. The Morgan fingerprint density at radius 2 is 1.44 bits per heavy atom. The van der Waals surface area contributed by atoms with Crippen LogP contribution in [0.1, 0.15) is 17.0 Å². The average Bonchev–Trinajstić information content (AvgIpc) is 2.07. The first-order chi connectivity index (χ1) is 6.52. The van der Waals surface area contributed by atoms with E-state index in [0.29, 0.717) is 0 Å². The summed E-state index contributed by atoms with van der Waals surface area (Å²) in [7, 11) is 0. The van der Waals surface area contributed by atoms with Gasteiger partial charge in [0.15, 0.2) is 0 Å². The molecule has 1 aromatic carbocycles. The smallest absolute Gasteiger partial charge is 0.549 e. The Kier molecular flexibility index (Phi) is 10.6. The molecule has 0 aliphatic carbocycles. The van der Waals surface area contributed by atoms with Crippen LogP contribution in [0.3, 0.4) is 0 Å². The first-order valence-corrected chi connectivity index (χ1v) is 4.00. The summed E-state index contributed by atoms with van der Waals surface area (Å²) in [6.07, 6.45) is 0. The summed E-state index contributed by atoms with van der Waals surface area (Å²) in [5.41, 5.74) is 1.08. The van der Waals surface area contributed by atoms with E-state index in [0.717, 1.165) is 5.56 Å². The molecule has 74 valence electrons. The van der Waals surface area contributed by atoms with E-state index in [1.54, 1.807) is 12.1 Å². The molecular weight excluding hydrogens is 246 g/mol. The second kappa shape index (κ2) is 8.82. The van der Waals surface area contributed by atoms with Gasteiger partial charge < -0.3 is 19.8 Å². The van der Waals surface area contributed by atoms with Gasteiger partial charge in [0.2, 0.25) is 0 Å². The van der Waals surface area contributed by atoms with Crippen molar-refractivity contribution in [2.75, 3.05) is 0 Å². The number of hydrogen-bond acceptors (Lipinski definition) is 4. The summed E-state index contributed by atoms with van der Waals surface area (Å²) in [5, 5.41) is 21.0. The van der Waals surface area contributed by atoms with Gasteiger partial charge in [0, 0.05) is 0 Å². The zero-order chi connectivity index (χ0) is 10.7. The van der Waals surface area contributed by atoms with Crippen LogP contribution in [-0.4, -0.2) is 11.9 Å². The van der Waals surface area contributed by atoms with Crippen LogP contribution in [0.4, 0.5) is 0 Å². The quantitative estimate of drug-likeness (QED) is 0.396. The number of carboxylic acids is 2. The molecule has 0 bridgehead atoms. The molecule has 6 heteroatoms. The van der Waals surface area contributed by atoms with Crippen molar-refractivity contribution >= 4 is 11.9 Å². The number of aliphatic carboxylic acids is 2. The molecule has 0 amide bonds. The van der Waals surface area contributed by atoms with Crippen molar-refractivity contribution in [3.8, 4) is 0 Å². The third-order valence-electron chi connectivity index (χ3n) is 1.88. The number of hydrogen-bond donors (Lipinski definition) is 0. The Morgan fingerprint density at radius 1 is 1.06 bits per heavy atom. The van der Waals surface area contributed by atoms with Gasteiger partial charge in [0.1, 0.15) is 0 Å². The van der Waals surface area contributed by atoms with Crippen LogP contribution >= 0.6 is 0 Å². The molecule has 0 radical (unpaired) electrons. The second-order valence-electron chi connectivity index (χ2n) is 2.98. The van der Waals surface area contributed by atoms with Gasteiger partial charge in [0.05, 0.1) is 17.9 Å². The van der Waals surface area contributed by atoms with Crippen molar-refractivity contribution < 1.29 is 101 Å². The van der Waals surface area contributed by atoms with E-state index in [-0.39, 0.29) is 86.5 Å². The zero-order valence-corrected chi connectivity index (χ0v) is 14.6. The summed E-state index contributed by atoms with van der Waals surface area (Å²) in [6, 6.07) is 6.14. The zero-order valence-electron chi connectivity index (χ0n) is 9.52. The molecule has 0 atom stereocenters. The third-order valence-corrected chi connectivity index (χ3v) is 1.88. The first kappa shape index (κ1) is 19.1. The number of carbonyl (C=O) groups excluding carboxylic acids is 2. The minimum atomic E-state index is -1.70. The van der Waals surface area contributed by atoms with E-state index < -0.39 is 17.9 Å². The number of carbonyl (C=O) groups is 2. The molecule has 1 rings (SSSR count). The molecule has 0 saturated heterocycles. The second-order valence-corrected chi connectivity index (χ2v) is 2.98. The molecule has 4 nitrogen and oxygen atoms in total. The predicted octanol–water partition coefficient (Wildman–Crippen LogP) is -7.41. The normalized spacial score (nSPS) is 8.88. The Bertz CT molecular complexity index is 350. The molecule has 0 unspecified atom stereocenters. The summed E-state index contributed by atoms with van der Waals surface area (Å²) in [5.74, 6) is -5.02. The molecule has 0 spiro atoms. The van der Waals surface area contributed by atoms with Gasteiger partial charge in [0.25, 0.3) is 0 Å². The fourth-order valence-electron chi connectivity index (χ4n) is 1.13. The molecule has 1 aromatic rings. The molecule has 0 fully saturated rings. The van der Waals surface area contributed by atoms with E-state index in [9.17, 15) is 19.8 Å². The van der Waals surface area contributed by atoms with Crippen molar-refractivity contribution in [1.29, 1.82) is 0 Å². The Morgan fingerprint density at radius 3 is 1.75 bits per heavy atom. The van der Waals surface area contributed by atoms with Crippen molar-refractivity contribution in [3.63, 3.8) is 0 Å². The summed E-state index contributed by atoms with van der Waals surface area (Å²) in [6.45, 7) is 1.82. The van der Waals surface area contributed by atoms with Crippen molar-refractivity contribution in [1.82, 2.24) is 0 Å². The van der Waals surface area contributed by atoms with Crippen LogP contribution < -0.4 is 91.2 Å². The van der Waals surface area contributed by atoms with Crippen LogP contribution in [0.25, 0.3) is 0 Å². The van der Waals surface area contributed by atoms with E-state index in [4.69, 9.17) is 0 Å². The molecule has 0 aliphatic heterocycles. The van der Waals surface area contributed by atoms with Gasteiger partial charge in [-0.2, -0.15) is 0 Å². The third kappa shape index (κ3) is 5.42. The van der Waals surface area contributed by atoms with Crippen LogP contribution in [0.5, 0.6) is 0 Å². The maximum Gasteiger partial charge on any atom is 1.00 e.